The first-order chi connectivity index (χ1) is 8.20. The lowest BCUT2D eigenvalue weighted by molar-refractivity contribution is -0.120. The number of halogens is 1. The topological polar surface area (TPSA) is 41.1 Å². The second-order valence-electron chi connectivity index (χ2n) is 4.31. The Bertz CT molecular complexity index is 420. The van der Waals surface area contributed by atoms with Gasteiger partial charge >= 0.3 is 0 Å². The van der Waals surface area contributed by atoms with Crippen molar-refractivity contribution in [2.45, 2.75) is 25.3 Å². The first-order valence-electron chi connectivity index (χ1n) is 5.93. The lowest BCUT2D eigenvalue weighted by Gasteiger charge is -2.13. The zero-order chi connectivity index (χ0) is 12.3. The number of carbonyl (C=O) groups is 1. The molecule has 1 aliphatic carbocycles. The maximum absolute atomic E-state index is 11.1. The Morgan fingerprint density at radius 3 is 3.12 bits per heavy atom. The van der Waals surface area contributed by atoms with Crippen molar-refractivity contribution in [3.8, 4) is 0 Å². The van der Waals surface area contributed by atoms with E-state index in [1.165, 1.54) is 11.1 Å². The van der Waals surface area contributed by atoms with E-state index in [4.69, 9.17) is 11.6 Å². The molecule has 1 atom stereocenters. The van der Waals surface area contributed by atoms with E-state index in [0.29, 0.717) is 19.0 Å². The first kappa shape index (κ1) is 12.4. The van der Waals surface area contributed by atoms with E-state index >= 15 is 0 Å². The molecule has 0 aliphatic heterocycles. The van der Waals surface area contributed by atoms with Gasteiger partial charge in [-0.05, 0) is 36.1 Å². The molecule has 0 saturated carbocycles. The van der Waals surface area contributed by atoms with Crippen molar-refractivity contribution >= 4 is 17.5 Å². The molecule has 1 aromatic rings. The number of carbonyl (C=O) groups excluding carboxylic acids is 1. The Hall–Kier alpha value is -1.06. The summed E-state index contributed by atoms with van der Waals surface area (Å²) in [4.78, 5) is 11.1. The highest BCUT2D eigenvalue weighted by molar-refractivity contribution is 6.30. The van der Waals surface area contributed by atoms with Crippen LogP contribution in [0.4, 0.5) is 0 Å². The summed E-state index contributed by atoms with van der Waals surface area (Å²) in [6.07, 6.45) is 2.67. The quantitative estimate of drug-likeness (QED) is 0.861. The maximum Gasteiger partial charge on any atom is 0.221 e. The van der Waals surface area contributed by atoms with Gasteiger partial charge in [0.05, 0.1) is 0 Å². The average Bonchev–Trinajstić information content (AvgIpc) is 2.71. The maximum atomic E-state index is 11.1. The molecule has 0 saturated heterocycles. The van der Waals surface area contributed by atoms with Gasteiger partial charge in [0.15, 0.2) is 0 Å². The normalized spacial score (nSPS) is 17.9. The number of hydrogen-bond acceptors (Lipinski definition) is 2. The molecule has 0 spiro atoms. The van der Waals surface area contributed by atoms with Crippen LogP contribution in [0.3, 0.4) is 0 Å². The van der Waals surface area contributed by atoms with Crippen LogP contribution in [0.25, 0.3) is 0 Å². The number of aryl methyl sites for hydroxylation is 1. The van der Waals surface area contributed by atoms with E-state index in [9.17, 15) is 4.79 Å². The molecule has 1 aromatic carbocycles. The van der Waals surface area contributed by atoms with Crippen LogP contribution in [0, 0.1) is 0 Å². The highest BCUT2D eigenvalue weighted by atomic mass is 35.5. The van der Waals surface area contributed by atoms with E-state index in [2.05, 4.69) is 16.7 Å². The van der Waals surface area contributed by atoms with Gasteiger partial charge in [-0.1, -0.05) is 17.7 Å². The van der Waals surface area contributed by atoms with Crippen LogP contribution in [-0.4, -0.2) is 19.5 Å². The summed E-state index contributed by atoms with van der Waals surface area (Å²) in [5, 5.41) is 6.84. The summed E-state index contributed by atoms with van der Waals surface area (Å²) in [7, 11) is 1.66. The molecular formula is C13H17ClN2O. The molecule has 2 rings (SSSR count). The van der Waals surface area contributed by atoms with Gasteiger partial charge in [0, 0.05) is 31.1 Å². The van der Waals surface area contributed by atoms with Crippen molar-refractivity contribution in [3.05, 3.63) is 34.3 Å². The fourth-order valence-electron chi connectivity index (χ4n) is 2.28. The first-order valence-corrected chi connectivity index (χ1v) is 6.31. The molecule has 4 heteroatoms. The number of hydrogen-bond donors (Lipinski definition) is 2. The van der Waals surface area contributed by atoms with Gasteiger partial charge < -0.3 is 10.6 Å². The molecule has 92 valence electrons. The van der Waals surface area contributed by atoms with Gasteiger partial charge in [0.25, 0.3) is 0 Å². The second kappa shape index (κ2) is 5.52. The predicted molar refractivity (Wildman–Crippen MR) is 69.2 cm³/mol. The molecule has 0 heterocycles. The van der Waals surface area contributed by atoms with E-state index < -0.39 is 0 Å². The lowest BCUT2D eigenvalue weighted by Crippen LogP contribution is -2.26. The largest absolute Gasteiger partial charge is 0.359 e. The van der Waals surface area contributed by atoms with Crippen LogP contribution in [0.15, 0.2) is 18.2 Å². The number of benzene rings is 1. The Balaban J connectivity index is 1.91. The van der Waals surface area contributed by atoms with Crippen molar-refractivity contribution in [2.24, 2.45) is 0 Å². The van der Waals surface area contributed by atoms with Crippen LogP contribution in [-0.2, 0) is 11.2 Å². The van der Waals surface area contributed by atoms with Crippen LogP contribution < -0.4 is 10.6 Å². The van der Waals surface area contributed by atoms with Crippen LogP contribution >= 0.6 is 11.6 Å². The third kappa shape index (κ3) is 2.99. The van der Waals surface area contributed by atoms with Crippen molar-refractivity contribution < 1.29 is 4.79 Å². The predicted octanol–water partition coefficient (Wildman–Crippen LogP) is 2.05. The van der Waals surface area contributed by atoms with Gasteiger partial charge in [0.1, 0.15) is 0 Å². The third-order valence-electron chi connectivity index (χ3n) is 3.20. The molecule has 1 unspecified atom stereocenters. The summed E-state index contributed by atoms with van der Waals surface area (Å²) in [6, 6.07) is 6.42. The molecule has 1 aliphatic rings. The molecule has 17 heavy (non-hydrogen) atoms. The third-order valence-corrected chi connectivity index (χ3v) is 3.44. The van der Waals surface area contributed by atoms with Crippen LogP contribution in [0.5, 0.6) is 0 Å². The van der Waals surface area contributed by atoms with Crippen molar-refractivity contribution in [2.75, 3.05) is 13.6 Å². The van der Waals surface area contributed by atoms with Gasteiger partial charge in [0.2, 0.25) is 5.91 Å². The number of fused-ring (bicyclic) bond motifs is 1. The molecule has 1 amide bonds. The highest BCUT2D eigenvalue weighted by Crippen LogP contribution is 2.32. The molecule has 0 radical (unpaired) electrons. The SMILES string of the molecule is CNC(=O)CCNC1CCc2cc(Cl)ccc21. The summed E-state index contributed by atoms with van der Waals surface area (Å²) in [6.45, 7) is 0.715. The molecule has 2 N–H and O–H groups in total. The Morgan fingerprint density at radius 2 is 2.35 bits per heavy atom. The van der Waals surface area contributed by atoms with E-state index in [0.717, 1.165) is 17.9 Å². The molecule has 3 nitrogen and oxygen atoms in total. The Morgan fingerprint density at radius 1 is 1.53 bits per heavy atom. The second-order valence-corrected chi connectivity index (χ2v) is 4.75. The fraction of sp³-hybridized carbons (Fsp3) is 0.462. The van der Waals surface area contributed by atoms with Gasteiger partial charge in [-0.15, -0.1) is 0 Å². The monoisotopic (exact) mass is 252 g/mol. The lowest BCUT2D eigenvalue weighted by atomic mass is 10.1. The van der Waals surface area contributed by atoms with Crippen molar-refractivity contribution in [1.82, 2.24) is 10.6 Å². The van der Waals surface area contributed by atoms with Crippen LogP contribution in [0.1, 0.15) is 30.0 Å². The van der Waals surface area contributed by atoms with Gasteiger partial charge in [-0.3, -0.25) is 4.79 Å². The molecule has 0 fully saturated rings. The molecule has 0 bridgehead atoms. The number of rotatable bonds is 4. The standard InChI is InChI=1S/C13H17ClN2O/c1-15-13(17)6-7-16-12-5-2-9-8-10(14)3-4-11(9)12/h3-4,8,12,16H,2,5-7H2,1H3,(H,15,17). The minimum Gasteiger partial charge on any atom is -0.359 e. The van der Waals surface area contributed by atoms with Crippen molar-refractivity contribution in [1.29, 1.82) is 0 Å². The summed E-state index contributed by atoms with van der Waals surface area (Å²) in [5.41, 5.74) is 2.65. The summed E-state index contributed by atoms with van der Waals surface area (Å²) in [5.74, 6) is 0.0758. The Labute approximate surface area is 107 Å². The minimum absolute atomic E-state index is 0.0758. The molecule has 0 aromatic heterocycles. The zero-order valence-corrected chi connectivity index (χ0v) is 10.7. The summed E-state index contributed by atoms with van der Waals surface area (Å²) < 4.78 is 0. The van der Waals surface area contributed by atoms with E-state index in [1.807, 2.05) is 12.1 Å². The minimum atomic E-state index is 0.0758. The van der Waals surface area contributed by atoms with E-state index in [1.54, 1.807) is 7.05 Å². The smallest absolute Gasteiger partial charge is 0.221 e. The summed E-state index contributed by atoms with van der Waals surface area (Å²) >= 11 is 5.96. The van der Waals surface area contributed by atoms with E-state index in [-0.39, 0.29) is 5.91 Å². The average molecular weight is 253 g/mol. The number of amides is 1. The highest BCUT2D eigenvalue weighted by Gasteiger charge is 2.21. The van der Waals surface area contributed by atoms with Crippen molar-refractivity contribution in [3.63, 3.8) is 0 Å². The van der Waals surface area contributed by atoms with Gasteiger partial charge in [-0.2, -0.15) is 0 Å². The van der Waals surface area contributed by atoms with Gasteiger partial charge in [-0.25, -0.2) is 0 Å². The number of nitrogens with one attached hydrogen (secondary N) is 2. The zero-order valence-electron chi connectivity index (χ0n) is 9.92. The fourth-order valence-corrected chi connectivity index (χ4v) is 2.48. The Kier molecular flexibility index (Phi) is 4.02. The van der Waals surface area contributed by atoms with Crippen LogP contribution in [0.2, 0.25) is 5.02 Å². The molecular weight excluding hydrogens is 236 g/mol.